The molecule has 1 fully saturated rings. The molecule has 174 valence electrons. The summed E-state index contributed by atoms with van der Waals surface area (Å²) in [5, 5.41) is 15.4. The average molecular weight is 470 g/mol. The Labute approximate surface area is 198 Å². The normalized spacial score (nSPS) is 20.5. The zero-order chi connectivity index (χ0) is 23.4. The van der Waals surface area contributed by atoms with Crippen molar-refractivity contribution in [3.05, 3.63) is 82.1 Å². The van der Waals surface area contributed by atoms with E-state index < -0.39 is 12.0 Å². The standard InChI is InChI=1S/C25H28ClN3O4/c1-2-32-20-6-3-16(4-7-20)11-18-12-17(5-8-22(18)26)24-14-19(30)13-21(33-24)15-29-23(25(27)31)9-10-28-29/h3-10,12,19,21,24,30H,2,11,13-15H2,1H3,(H2,27,31). The summed E-state index contributed by atoms with van der Waals surface area (Å²) in [6.07, 6.45) is 2.04. The first-order chi connectivity index (χ1) is 15.9. The van der Waals surface area contributed by atoms with E-state index in [9.17, 15) is 9.90 Å². The van der Waals surface area contributed by atoms with Gasteiger partial charge in [-0.3, -0.25) is 9.48 Å². The van der Waals surface area contributed by atoms with Gasteiger partial charge in [0.2, 0.25) is 0 Å². The van der Waals surface area contributed by atoms with Crippen LogP contribution in [0.25, 0.3) is 0 Å². The Kier molecular flexibility index (Phi) is 7.33. The zero-order valence-electron chi connectivity index (χ0n) is 18.5. The third kappa shape index (κ3) is 5.74. The third-order valence-corrected chi connectivity index (χ3v) is 6.16. The molecule has 3 N–H and O–H groups in total. The van der Waals surface area contributed by atoms with Gasteiger partial charge in [0.25, 0.3) is 5.91 Å². The van der Waals surface area contributed by atoms with Crippen LogP contribution in [0, 0.1) is 0 Å². The molecule has 0 saturated carbocycles. The second-order valence-corrected chi connectivity index (χ2v) is 8.65. The Bertz CT molecular complexity index is 1100. The van der Waals surface area contributed by atoms with Crippen LogP contribution in [-0.4, -0.2) is 39.6 Å². The van der Waals surface area contributed by atoms with Crippen molar-refractivity contribution in [1.29, 1.82) is 0 Å². The van der Waals surface area contributed by atoms with Crippen molar-refractivity contribution in [1.82, 2.24) is 9.78 Å². The molecule has 0 aliphatic carbocycles. The zero-order valence-corrected chi connectivity index (χ0v) is 19.2. The summed E-state index contributed by atoms with van der Waals surface area (Å²) in [6, 6.07) is 15.4. The van der Waals surface area contributed by atoms with Crippen LogP contribution in [-0.2, 0) is 17.7 Å². The van der Waals surface area contributed by atoms with E-state index in [1.165, 1.54) is 10.9 Å². The van der Waals surface area contributed by atoms with Crippen LogP contribution < -0.4 is 10.5 Å². The molecule has 3 aromatic rings. The van der Waals surface area contributed by atoms with Gasteiger partial charge >= 0.3 is 0 Å². The topological polar surface area (TPSA) is 99.6 Å². The SMILES string of the molecule is CCOc1ccc(Cc2cc(C3CC(O)CC(Cn4nccc4C(N)=O)O3)ccc2Cl)cc1. The number of aliphatic hydroxyl groups excluding tert-OH is 1. The fourth-order valence-corrected chi connectivity index (χ4v) is 4.41. The first-order valence-electron chi connectivity index (χ1n) is 11.1. The number of benzene rings is 2. The molecule has 2 heterocycles. The van der Waals surface area contributed by atoms with E-state index in [-0.39, 0.29) is 12.2 Å². The second-order valence-electron chi connectivity index (χ2n) is 8.24. The first kappa shape index (κ1) is 23.3. The van der Waals surface area contributed by atoms with Gasteiger partial charge in [0, 0.05) is 24.1 Å². The maximum Gasteiger partial charge on any atom is 0.266 e. The van der Waals surface area contributed by atoms with Gasteiger partial charge in [0.05, 0.1) is 31.5 Å². The van der Waals surface area contributed by atoms with E-state index in [0.717, 1.165) is 22.4 Å². The largest absolute Gasteiger partial charge is 0.494 e. The van der Waals surface area contributed by atoms with Gasteiger partial charge < -0.3 is 20.3 Å². The van der Waals surface area contributed by atoms with Crippen LogP contribution in [0.2, 0.25) is 5.02 Å². The number of carbonyl (C=O) groups excluding carboxylic acids is 1. The summed E-state index contributed by atoms with van der Waals surface area (Å²) in [6.45, 7) is 2.93. The number of nitrogens with two attached hydrogens (primary N) is 1. The van der Waals surface area contributed by atoms with Crippen molar-refractivity contribution in [2.24, 2.45) is 5.73 Å². The fraction of sp³-hybridized carbons (Fsp3) is 0.360. The number of hydrogen-bond donors (Lipinski definition) is 2. The molecule has 2 aromatic carbocycles. The molecule has 3 unspecified atom stereocenters. The van der Waals surface area contributed by atoms with E-state index in [1.807, 2.05) is 49.4 Å². The van der Waals surface area contributed by atoms with Gasteiger partial charge in [0.15, 0.2) is 0 Å². The number of ether oxygens (including phenoxy) is 2. The van der Waals surface area contributed by atoms with Crippen molar-refractivity contribution < 1.29 is 19.4 Å². The lowest BCUT2D eigenvalue weighted by molar-refractivity contribution is -0.104. The van der Waals surface area contributed by atoms with Gasteiger partial charge in [-0.1, -0.05) is 35.9 Å². The lowest BCUT2D eigenvalue weighted by atomic mass is 9.94. The minimum atomic E-state index is -0.544. The molecular formula is C25H28ClN3O4. The van der Waals surface area contributed by atoms with E-state index in [0.29, 0.717) is 43.1 Å². The fourth-order valence-electron chi connectivity index (χ4n) is 4.22. The summed E-state index contributed by atoms with van der Waals surface area (Å²) in [5.74, 6) is 0.297. The molecule has 0 radical (unpaired) electrons. The maximum atomic E-state index is 11.6. The summed E-state index contributed by atoms with van der Waals surface area (Å²) in [4.78, 5) is 11.6. The minimum Gasteiger partial charge on any atom is -0.494 e. The number of aliphatic hydroxyl groups is 1. The van der Waals surface area contributed by atoms with Gasteiger partial charge in [0.1, 0.15) is 11.4 Å². The van der Waals surface area contributed by atoms with Gasteiger partial charge in [-0.15, -0.1) is 0 Å². The highest BCUT2D eigenvalue weighted by atomic mass is 35.5. The Hall–Kier alpha value is -2.87. The smallest absolute Gasteiger partial charge is 0.266 e. The van der Waals surface area contributed by atoms with Crippen molar-refractivity contribution in [2.75, 3.05) is 6.61 Å². The molecular weight excluding hydrogens is 442 g/mol. The molecule has 7 nitrogen and oxygen atoms in total. The van der Waals surface area contributed by atoms with E-state index in [4.69, 9.17) is 26.8 Å². The number of amides is 1. The molecule has 1 aliphatic heterocycles. The number of hydrogen-bond acceptors (Lipinski definition) is 5. The summed E-state index contributed by atoms with van der Waals surface area (Å²) >= 11 is 6.50. The van der Waals surface area contributed by atoms with Crippen LogP contribution in [0.5, 0.6) is 5.75 Å². The van der Waals surface area contributed by atoms with Crippen LogP contribution in [0.4, 0.5) is 0 Å². The van der Waals surface area contributed by atoms with E-state index in [1.54, 1.807) is 6.07 Å². The Morgan fingerprint density at radius 2 is 2.03 bits per heavy atom. The minimum absolute atomic E-state index is 0.289. The highest BCUT2D eigenvalue weighted by Gasteiger charge is 2.30. The predicted octanol–water partition coefficient (Wildman–Crippen LogP) is 3.91. The molecule has 1 saturated heterocycles. The number of nitrogens with zero attached hydrogens (tertiary/aromatic N) is 2. The molecule has 33 heavy (non-hydrogen) atoms. The van der Waals surface area contributed by atoms with Crippen LogP contribution in [0.15, 0.2) is 54.7 Å². The second kappa shape index (κ2) is 10.4. The molecule has 8 heteroatoms. The Morgan fingerprint density at radius 3 is 2.76 bits per heavy atom. The summed E-state index contributed by atoms with van der Waals surface area (Å²) < 4.78 is 13.3. The molecule has 4 rings (SSSR count). The first-order valence-corrected chi connectivity index (χ1v) is 11.5. The van der Waals surface area contributed by atoms with Crippen molar-refractivity contribution in [3.63, 3.8) is 0 Å². The molecule has 1 aromatic heterocycles. The molecule has 0 spiro atoms. The highest BCUT2D eigenvalue weighted by molar-refractivity contribution is 6.31. The maximum absolute atomic E-state index is 11.6. The lowest BCUT2D eigenvalue weighted by Gasteiger charge is -2.34. The predicted molar refractivity (Wildman–Crippen MR) is 125 cm³/mol. The monoisotopic (exact) mass is 469 g/mol. The van der Waals surface area contributed by atoms with E-state index >= 15 is 0 Å². The van der Waals surface area contributed by atoms with Gasteiger partial charge in [-0.05, 0) is 54.3 Å². The molecule has 0 bridgehead atoms. The van der Waals surface area contributed by atoms with Crippen molar-refractivity contribution >= 4 is 17.5 Å². The van der Waals surface area contributed by atoms with Gasteiger partial charge in [-0.2, -0.15) is 5.10 Å². The summed E-state index contributed by atoms with van der Waals surface area (Å²) in [5.41, 5.74) is 8.80. The number of rotatable bonds is 8. The van der Waals surface area contributed by atoms with E-state index in [2.05, 4.69) is 5.10 Å². The van der Waals surface area contributed by atoms with Gasteiger partial charge in [-0.25, -0.2) is 0 Å². The molecule has 3 atom stereocenters. The third-order valence-electron chi connectivity index (χ3n) is 5.79. The van der Waals surface area contributed by atoms with Crippen LogP contribution >= 0.6 is 11.6 Å². The van der Waals surface area contributed by atoms with Crippen LogP contribution in [0.3, 0.4) is 0 Å². The number of halogens is 1. The Balaban J connectivity index is 1.49. The highest BCUT2D eigenvalue weighted by Crippen LogP contribution is 2.34. The number of aromatic nitrogens is 2. The lowest BCUT2D eigenvalue weighted by Crippen LogP contribution is -2.35. The molecule has 1 amide bonds. The Morgan fingerprint density at radius 1 is 1.24 bits per heavy atom. The molecule has 1 aliphatic rings. The average Bonchev–Trinajstić information content (AvgIpc) is 3.25. The van der Waals surface area contributed by atoms with Crippen LogP contribution in [0.1, 0.15) is 53.0 Å². The van der Waals surface area contributed by atoms with Crippen molar-refractivity contribution in [3.8, 4) is 5.75 Å². The van der Waals surface area contributed by atoms with Crippen molar-refractivity contribution in [2.45, 2.75) is 51.0 Å². The summed E-state index contributed by atoms with van der Waals surface area (Å²) in [7, 11) is 0. The quantitative estimate of drug-likeness (QED) is 0.521. The number of primary amides is 1. The number of carbonyl (C=O) groups is 1.